The molecule has 6 nitrogen and oxygen atoms in total. The van der Waals surface area contributed by atoms with E-state index >= 15 is 0 Å². The van der Waals surface area contributed by atoms with Crippen molar-refractivity contribution in [2.45, 2.75) is 17.6 Å². The number of rotatable bonds is 4. The van der Waals surface area contributed by atoms with Gasteiger partial charge in [-0.25, -0.2) is 18.2 Å². The standard InChI is InChI=1S/C17H14N2O4S3/c1-10-18-13(9-24-10)14-5-6-15(25-14)26(22,23)19-8-7-11-3-2-4-12(16(11)19)17(20)21/h2-6,9H,7-8H2,1H3,(H,20,21). The lowest BCUT2D eigenvalue weighted by molar-refractivity contribution is 0.0698. The molecule has 0 fully saturated rings. The number of anilines is 1. The fourth-order valence-corrected chi connectivity index (χ4v) is 6.61. The van der Waals surface area contributed by atoms with Crippen molar-refractivity contribution in [1.29, 1.82) is 0 Å². The van der Waals surface area contributed by atoms with Gasteiger partial charge in [0.15, 0.2) is 0 Å². The van der Waals surface area contributed by atoms with Crippen molar-refractivity contribution in [2.75, 3.05) is 10.8 Å². The van der Waals surface area contributed by atoms with Gasteiger partial charge < -0.3 is 5.11 Å². The maximum atomic E-state index is 13.1. The lowest BCUT2D eigenvalue weighted by atomic mass is 10.1. The van der Waals surface area contributed by atoms with Crippen LogP contribution in [0, 0.1) is 6.92 Å². The molecule has 0 atom stereocenters. The molecule has 26 heavy (non-hydrogen) atoms. The maximum Gasteiger partial charge on any atom is 0.337 e. The summed E-state index contributed by atoms with van der Waals surface area (Å²) in [5, 5.41) is 12.2. The molecule has 1 aromatic carbocycles. The lowest BCUT2D eigenvalue weighted by Crippen LogP contribution is -2.29. The van der Waals surface area contributed by atoms with E-state index in [0.717, 1.165) is 32.5 Å². The number of para-hydroxylation sites is 1. The van der Waals surface area contributed by atoms with Crippen LogP contribution in [0.15, 0.2) is 39.9 Å². The molecule has 0 saturated heterocycles. The molecular formula is C17H14N2O4S3. The van der Waals surface area contributed by atoms with Crippen LogP contribution in [-0.2, 0) is 16.4 Å². The van der Waals surface area contributed by atoms with Crippen molar-refractivity contribution in [2.24, 2.45) is 0 Å². The number of thiazole rings is 1. The molecule has 4 rings (SSSR count). The van der Waals surface area contributed by atoms with Gasteiger partial charge in [0.2, 0.25) is 0 Å². The summed E-state index contributed by atoms with van der Waals surface area (Å²) in [7, 11) is -3.82. The number of aromatic carboxylic acids is 1. The first-order chi connectivity index (χ1) is 12.4. The monoisotopic (exact) mass is 406 g/mol. The van der Waals surface area contributed by atoms with Gasteiger partial charge in [-0.15, -0.1) is 22.7 Å². The quantitative estimate of drug-likeness (QED) is 0.715. The van der Waals surface area contributed by atoms with Gasteiger partial charge in [0, 0.05) is 11.9 Å². The van der Waals surface area contributed by atoms with E-state index in [1.54, 1.807) is 24.3 Å². The Balaban J connectivity index is 1.76. The van der Waals surface area contributed by atoms with E-state index in [1.165, 1.54) is 21.7 Å². The Labute approximate surface area is 158 Å². The number of carboxylic acid groups (broad SMARTS) is 1. The third kappa shape index (κ3) is 2.72. The first-order valence-electron chi connectivity index (χ1n) is 7.78. The maximum absolute atomic E-state index is 13.1. The predicted octanol–water partition coefficient (Wildman–Crippen LogP) is 3.63. The number of carboxylic acids is 1. The first-order valence-corrected chi connectivity index (χ1v) is 10.9. The summed E-state index contributed by atoms with van der Waals surface area (Å²) in [6, 6.07) is 8.16. The first kappa shape index (κ1) is 17.2. The van der Waals surface area contributed by atoms with Crippen molar-refractivity contribution < 1.29 is 18.3 Å². The van der Waals surface area contributed by atoms with Crippen molar-refractivity contribution in [3.05, 3.63) is 51.8 Å². The van der Waals surface area contributed by atoms with Crippen LogP contribution in [0.2, 0.25) is 0 Å². The molecule has 0 amide bonds. The molecule has 0 bridgehead atoms. The average Bonchev–Trinajstić information content (AvgIpc) is 3.32. The Morgan fingerprint density at radius 3 is 2.77 bits per heavy atom. The molecule has 1 aliphatic heterocycles. The molecule has 0 saturated carbocycles. The van der Waals surface area contributed by atoms with E-state index in [2.05, 4.69) is 4.98 Å². The molecule has 9 heteroatoms. The third-order valence-corrected chi connectivity index (χ3v) is 8.33. The zero-order valence-electron chi connectivity index (χ0n) is 13.7. The van der Waals surface area contributed by atoms with Gasteiger partial charge in [-0.2, -0.15) is 0 Å². The molecule has 2 aromatic heterocycles. The molecule has 1 N–H and O–H groups in total. The number of nitrogens with zero attached hydrogens (tertiary/aromatic N) is 2. The second kappa shape index (κ2) is 6.19. The summed E-state index contributed by atoms with van der Waals surface area (Å²) in [5.41, 5.74) is 1.78. The largest absolute Gasteiger partial charge is 0.478 e. The minimum Gasteiger partial charge on any atom is -0.478 e. The molecule has 3 aromatic rings. The van der Waals surface area contributed by atoms with E-state index in [0.29, 0.717) is 6.42 Å². The van der Waals surface area contributed by atoms with Crippen LogP contribution < -0.4 is 4.31 Å². The highest BCUT2D eigenvalue weighted by Crippen LogP contribution is 2.39. The molecule has 0 unspecified atom stereocenters. The normalized spacial score (nSPS) is 13.8. The minimum atomic E-state index is -3.82. The second-order valence-electron chi connectivity index (χ2n) is 5.82. The number of aromatic nitrogens is 1. The van der Waals surface area contributed by atoms with E-state index < -0.39 is 16.0 Å². The summed E-state index contributed by atoms with van der Waals surface area (Å²) in [4.78, 5) is 16.7. The average molecular weight is 407 g/mol. The molecule has 3 heterocycles. The molecule has 1 aliphatic rings. The second-order valence-corrected chi connectivity index (χ2v) is 10.1. The summed E-state index contributed by atoms with van der Waals surface area (Å²) in [6.45, 7) is 2.14. The molecule has 0 aliphatic carbocycles. The van der Waals surface area contributed by atoms with Crippen LogP contribution in [0.4, 0.5) is 5.69 Å². The fourth-order valence-electron chi connectivity index (χ4n) is 3.02. The predicted molar refractivity (Wildman–Crippen MR) is 102 cm³/mol. The number of benzene rings is 1. The minimum absolute atomic E-state index is 0.00970. The van der Waals surface area contributed by atoms with Crippen molar-refractivity contribution in [3.63, 3.8) is 0 Å². The van der Waals surface area contributed by atoms with Crippen LogP contribution in [-0.4, -0.2) is 31.0 Å². The summed E-state index contributed by atoms with van der Waals surface area (Å²) < 4.78 is 27.7. The van der Waals surface area contributed by atoms with Crippen LogP contribution in [0.1, 0.15) is 20.9 Å². The Kier molecular flexibility index (Phi) is 4.09. The Bertz CT molecular complexity index is 1110. The van der Waals surface area contributed by atoms with Crippen molar-refractivity contribution in [1.82, 2.24) is 4.98 Å². The fraction of sp³-hybridized carbons (Fsp3) is 0.176. The van der Waals surface area contributed by atoms with E-state index in [9.17, 15) is 18.3 Å². The van der Waals surface area contributed by atoms with Crippen LogP contribution in [0.5, 0.6) is 0 Å². The molecule has 0 radical (unpaired) electrons. The van der Waals surface area contributed by atoms with Gasteiger partial charge in [-0.3, -0.25) is 4.31 Å². The van der Waals surface area contributed by atoms with Gasteiger partial charge >= 0.3 is 5.97 Å². The molecule has 0 spiro atoms. The van der Waals surface area contributed by atoms with Crippen LogP contribution in [0.25, 0.3) is 10.6 Å². The highest BCUT2D eigenvalue weighted by atomic mass is 32.2. The number of hydrogen-bond acceptors (Lipinski definition) is 6. The highest BCUT2D eigenvalue weighted by Gasteiger charge is 2.35. The molecule has 134 valence electrons. The number of carbonyl (C=O) groups is 1. The number of sulfonamides is 1. The highest BCUT2D eigenvalue weighted by molar-refractivity contribution is 7.94. The number of hydrogen-bond donors (Lipinski definition) is 1. The van der Waals surface area contributed by atoms with Crippen molar-refractivity contribution in [3.8, 4) is 10.6 Å². The van der Waals surface area contributed by atoms with Crippen LogP contribution >= 0.6 is 22.7 Å². The van der Waals surface area contributed by atoms with E-state index in [-0.39, 0.29) is 22.0 Å². The summed E-state index contributed by atoms with van der Waals surface area (Å²) in [5.74, 6) is -1.13. The zero-order chi connectivity index (χ0) is 18.5. The lowest BCUT2D eigenvalue weighted by Gasteiger charge is -2.20. The number of aryl methyl sites for hydroxylation is 1. The van der Waals surface area contributed by atoms with Crippen molar-refractivity contribution >= 4 is 44.4 Å². The van der Waals surface area contributed by atoms with E-state index in [1.807, 2.05) is 12.3 Å². The third-order valence-electron chi connectivity index (χ3n) is 4.18. The summed E-state index contributed by atoms with van der Waals surface area (Å²) in [6.07, 6.45) is 0.499. The van der Waals surface area contributed by atoms with Gasteiger partial charge in [-0.05, 0) is 37.1 Å². The van der Waals surface area contributed by atoms with E-state index in [4.69, 9.17) is 0 Å². The van der Waals surface area contributed by atoms with Gasteiger partial charge in [-0.1, -0.05) is 12.1 Å². The number of fused-ring (bicyclic) bond motifs is 1. The van der Waals surface area contributed by atoms with Gasteiger partial charge in [0.05, 0.1) is 26.8 Å². The Hall–Kier alpha value is -2.23. The Morgan fingerprint density at radius 2 is 2.08 bits per heavy atom. The zero-order valence-corrected chi connectivity index (χ0v) is 16.1. The van der Waals surface area contributed by atoms with Gasteiger partial charge in [0.25, 0.3) is 10.0 Å². The smallest absolute Gasteiger partial charge is 0.337 e. The molecular weight excluding hydrogens is 392 g/mol. The number of thiophene rings is 1. The Morgan fingerprint density at radius 1 is 1.27 bits per heavy atom. The van der Waals surface area contributed by atoms with Gasteiger partial charge in [0.1, 0.15) is 4.21 Å². The SMILES string of the molecule is Cc1nc(-c2ccc(S(=O)(=O)N3CCc4cccc(C(=O)O)c43)s2)cs1. The summed E-state index contributed by atoms with van der Waals surface area (Å²) >= 11 is 2.66. The van der Waals surface area contributed by atoms with Crippen LogP contribution in [0.3, 0.4) is 0 Å². The topological polar surface area (TPSA) is 87.6 Å².